The summed E-state index contributed by atoms with van der Waals surface area (Å²) in [7, 11) is 0. The fourth-order valence-corrected chi connectivity index (χ4v) is 1.99. The Hall–Kier alpha value is -1.51. The maximum atomic E-state index is 5.82. The first-order valence-electron chi connectivity index (χ1n) is 5.35. The summed E-state index contributed by atoms with van der Waals surface area (Å²) < 4.78 is 0. The summed E-state index contributed by atoms with van der Waals surface area (Å²) >= 11 is 0. The second-order valence-electron chi connectivity index (χ2n) is 3.91. The van der Waals surface area contributed by atoms with Crippen LogP contribution in [0.25, 0.3) is 0 Å². The van der Waals surface area contributed by atoms with E-state index >= 15 is 0 Å². The number of hydrogen-bond donors (Lipinski definition) is 1. The molecule has 0 amide bonds. The first-order chi connectivity index (χ1) is 7.22. The highest BCUT2D eigenvalue weighted by atomic mass is 15.3. The molecule has 2 rings (SSSR count). The molecule has 0 aliphatic carbocycles. The molecule has 1 unspecified atom stereocenters. The second kappa shape index (κ2) is 3.93. The predicted molar refractivity (Wildman–Crippen MR) is 62.8 cm³/mol. The quantitative estimate of drug-likeness (QED) is 0.794. The largest absolute Gasteiger partial charge is 0.370 e. The van der Waals surface area contributed by atoms with Crippen molar-refractivity contribution < 1.29 is 0 Å². The lowest BCUT2D eigenvalue weighted by Gasteiger charge is -2.24. The topological polar surface area (TPSA) is 41.6 Å². The Kier molecular flexibility index (Phi) is 2.62. The lowest BCUT2D eigenvalue weighted by molar-refractivity contribution is 0.364. The van der Waals surface area contributed by atoms with Crippen molar-refractivity contribution in [1.82, 2.24) is 4.90 Å². The Bertz CT molecular complexity index is 367. The van der Waals surface area contributed by atoms with Gasteiger partial charge in [-0.3, -0.25) is 4.99 Å². The zero-order valence-corrected chi connectivity index (χ0v) is 9.27. The minimum Gasteiger partial charge on any atom is -0.370 e. The van der Waals surface area contributed by atoms with Crippen molar-refractivity contribution in [2.45, 2.75) is 19.9 Å². The molecule has 0 radical (unpaired) electrons. The van der Waals surface area contributed by atoms with Gasteiger partial charge in [-0.2, -0.15) is 0 Å². The molecular formula is C12H17N3. The van der Waals surface area contributed by atoms with E-state index in [0.717, 1.165) is 13.1 Å². The number of hydrogen-bond acceptors (Lipinski definition) is 3. The van der Waals surface area contributed by atoms with Crippen molar-refractivity contribution in [3.05, 3.63) is 35.4 Å². The first kappa shape index (κ1) is 10.0. The molecule has 1 aromatic rings. The van der Waals surface area contributed by atoms with E-state index in [-0.39, 0.29) is 0 Å². The van der Waals surface area contributed by atoms with E-state index in [4.69, 9.17) is 5.73 Å². The Morgan fingerprint density at radius 3 is 2.67 bits per heavy atom. The molecule has 1 heterocycles. The van der Waals surface area contributed by atoms with E-state index in [1.54, 1.807) is 0 Å². The van der Waals surface area contributed by atoms with Crippen LogP contribution in [0.1, 0.15) is 24.1 Å². The maximum Gasteiger partial charge on any atom is 0.191 e. The van der Waals surface area contributed by atoms with Gasteiger partial charge in [-0.1, -0.05) is 29.8 Å². The van der Waals surface area contributed by atoms with E-state index in [0.29, 0.717) is 12.0 Å². The summed E-state index contributed by atoms with van der Waals surface area (Å²) in [5.74, 6) is 0.670. The summed E-state index contributed by atoms with van der Waals surface area (Å²) in [4.78, 5) is 6.43. The number of nitrogens with zero attached hydrogens (tertiary/aromatic N) is 2. The number of nitrogens with two attached hydrogens (primary N) is 1. The number of guanidine groups is 1. The van der Waals surface area contributed by atoms with Crippen molar-refractivity contribution >= 4 is 5.96 Å². The van der Waals surface area contributed by atoms with Gasteiger partial charge in [0, 0.05) is 6.54 Å². The zero-order valence-electron chi connectivity index (χ0n) is 9.27. The van der Waals surface area contributed by atoms with Crippen LogP contribution >= 0.6 is 0 Å². The van der Waals surface area contributed by atoms with E-state index in [1.807, 2.05) is 0 Å². The van der Waals surface area contributed by atoms with Crippen LogP contribution in [0, 0.1) is 6.92 Å². The highest BCUT2D eigenvalue weighted by molar-refractivity contribution is 5.80. The highest BCUT2D eigenvalue weighted by Crippen LogP contribution is 2.25. The van der Waals surface area contributed by atoms with Crippen LogP contribution in [0.4, 0.5) is 0 Å². The molecule has 3 nitrogen and oxygen atoms in total. The zero-order chi connectivity index (χ0) is 10.8. The number of aliphatic imine (C=N–C) groups is 1. The van der Waals surface area contributed by atoms with Crippen LogP contribution < -0.4 is 5.73 Å². The molecule has 1 aliphatic heterocycles. The normalized spacial score (nSPS) is 20.5. The van der Waals surface area contributed by atoms with Gasteiger partial charge in [-0.25, -0.2) is 0 Å². The predicted octanol–water partition coefficient (Wildman–Crippen LogP) is 1.69. The van der Waals surface area contributed by atoms with Gasteiger partial charge in [0.15, 0.2) is 5.96 Å². The van der Waals surface area contributed by atoms with Crippen LogP contribution in [-0.2, 0) is 0 Å². The van der Waals surface area contributed by atoms with Crippen molar-refractivity contribution in [2.75, 3.05) is 13.1 Å². The minimum absolute atomic E-state index is 0.329. The van der Waals surface area contributed by atoms with Crippen molar-refractivity contribution in [2.24, 2.45) is 10.7 Å². The molecule has 2 N–H and O–H groups in total. The van der Waals surface area contributed by atoms with E-state index in [1.165, 1.54) is 11.1 Å². The van der Waals surface area contributed by atoms with Crippen LogP contribution in [-0.4, -0.2) is 23.9 Å². The highest BCUT2D eigenvalue weighted by Gasteiger charge is 2.25. The Balaban J connectivity index is 2.22. The molecule has 0 spiro atoms. The van der Waals surface area contributed by atoms with Gasteiger partial charge in [0.2, 0.25) is 0 Å². The third-order valence-corrected chi connectivity index (χ3v) is 2.90. The van der Waals surface area contributed by atoms with Crippen LogP contribution in [0.2, 0.25) is 0 Å². The molecular weight excluding hydrogens is 186 g/mol. The van der Waals surface area contributed by atoms with Gasteiger partial charge in [0.05, 0.1) is 12.6 Å². The molecule has 0 fully saturated rings. The fourth-order valence-electron chi connectivity index (χ4n) is 1.99. The number of aryl methyl sites for hydroxylation is 1. The molecule has 3 heteroatoms. The summed E-state index contributed by atoms with van der Waals surface area (Å²) in [6, 6.07) is 8.93. The smallest absolute Gasteiger partial charge is 0.191 e. The molecule has 0 aromatic heterocycles. The Morgan fingerprint density at radius 2 is 2.07 bits per heavy atom. The van der Waals surface area contributed by atoms with Crippen molar-refractivity contribution in [3.8, 4) is 0 Å². The number of benzene rings is 1. The minimum atomic E-state index is 0.329. The molecule has 0 saturated heterocycles. The standard InChI is InChI=1S/C12H17N3/c1-3-15-11(8-14-12(15)13)10-6-4-9(2)5-7-10/h4-7,11H,3,8H2,1-2H3,(H2,13,14). The van der Waals surface area contributed by atoms with Crippen LogP contribution in [0.15, 0.2) is 29.3 Å². The molecule has 1 aliphatic rings. The van der Waals surface area contributed by atoms with Crippen LogP contribution in [0.3, 0.4) is 0 Å². The van der Waals surface area contributed by atoms with Gasteiger partial charge in [0.25, 0.3) is 0 Å². The van der Waals surface area contributed by atoms with E-state index in [2.05, 4.69) is 48.0 Å². The Labute approximate surface area is 90.6 Å². The van der Waals surface area contributed by atoms with Gasteiger partial charge in [-0.15, -0.1) is 0 Å². The third kappa shape index (κ3) is 1.82. The maximum absolute atomic E-state index is 5.82. The van der Waals surface area contributed by atoms with Gasteiger partial charge in [-0.05, 0) is 19.4 Å². The van der Waals surface area contributed by atoms with Crippen molar-refractivity contribution in [1.29, 1.82) is 0 Å². The third-order valence-electron chi connectivity index (χ3n) is 2.90. The number of rotatable bonds is 2. The number of likely N-dealkylation sites (N-methyl/N-ethyl adjacent to an activating group) is 1. The molecule has 0 bridgehead atoms. The fraction of sp³-hybridized carbons (Fsp3) is 0.417. The second-order valence-corrected chi connectivity index (χ2v) is 3.91. The Morgan fingerprint density at radius 1 is 1.40 bits per heavy atom. The summed E-state index contributed by atoms with van der Waals surface area (Å²) in [6.45, 7) is 5.90. The lowest BCUT2D eigenvalue weighted by Crippen LogP contribution is -2.35. The summed E-state index contributed by atoms with van der Waals surface area (Å²) in [5.41, 5.74) is 8.41. The molecule has 80 valence electrons. The first-order valence-corrected chi connectivity index (χ1v) is 5.35. The van der Waals surface area contributed by atoms with E-state index < -0.39 is 0 Å². The average molecular weight is 203 g/mol. The molecule has 15 heavy (non-hydrogen) atoms. The summed E-state index contributed by atoms with van der Waals surface area (Å²) in [6.07, 6.45) is 0. The monoisotopic (exact) mass is 203 g/mol. The molecule has 0 saturated carbocycles. The average Bonchev–Trinajstić information content (AvgIpc) is 2.61. The summed E-state index contributed by atoms with van der Waals surface area (Å²) in [5, 5.41) is 0. The van der Waals surface area contributed by atoms with Gasteiger partial charge < -0.3 is 10.6 Å². The lowest BCUT2D eigenvalue weighted by atomic mass is 10.0. The molecule has 1 atom stereocenters. The van der Waals surface area contributed by atoms with Gasteiger partial charge >= 0.3 is 0 Å². The SMILES string of the molecule is CCN1C(N)=NCC1c1ccc(C)cc1. The van der Waals surface area contributed by atoms with Gasteiger partial charge in [0.1, 0.15) is 0 Å². The van der Waals surface area contributed by atoms with Crippen LogP contribution in [0.5, 0.6) is 0 Å². The molecule has 1 aromatic carbocycles. The van der Waals surface area contributed by atoms with E-state index in [9.17, 15) is 0 Å². The van der Waals surface area contributed by atoms with Crippen molar-refractivity contribution in [3.63, 3.8) is 0 Å².